The number of aryl methyl sites for hydroxylation is 1. The van der Waals surface area contributed by atoms with E-state index in [4.69, 9.17) is 10.2 Å². The predicted octanol–water partition coefficient (Wildman–Crippen LogP) is -0.122. The molecule has 0 fully saturated rings. The Labute approximate surface area is 92.0 Å². The molecule has 0 bridgehead atoms. The van der Waals surface area contributed by atoms with Crippen LogP contribution < -0.4 is 0 Å². The van der Waals surface area contributed by atoms with E-state index in [1.807, 2.05) is 0 Å². The van der Waals surface area contributed by atoms with E-state index < -0.39 is 0 Å². The Hall–Kier alpha value is -0.980. The lowest BCUT2D eigenvalue weighted by Gasteiger charge is -2.19. The molecule has 1 amide bonds. The van der Waals surface area contributed by atoms with Crippen LogP contribution in [0.5, 0.6) is 0 Å². The minimum atomic E-state index is -0.182. The smallest absolute Gasteiger partial charge is 0.266 e. The van der Waals surface area contributed by atoms with Gasteiger partial charge in [0, 0.05) is 13.1 Å². The van der Waals surface area contributed by atoms with Gasteiger partial charge in [-0.25, -0.2) is 4.98 Å². The second-order valence-corrected chi connectivity index (χ2v) is 3.86. The number of aromatic nitrogens is 1. The first-order valence-corrected chi connectivity index (χ1v) is 5.49. The lowest BCUT2D eigenvalue weighted by atomic mass is 10.3. The highest BCUT2D eigenvalue weighted by atomic mass is 32.1. The molecule has 0 aliphatic heterocycles. The fourth-order valence-corrected chi connectivity index (χ4v) is 1.98. The molecule has 0 spiro atoms. The fraction of sp³-hybridized carbons (Fsp3) is 0.556. The molecule has 15 heavy (non-hydrogen) atoms. The Kier molecular flexibility index (Phi) is 4.67. The van der Waals surface area contributed by atoms with Crippen molar-refractivity contribution in [2.45, 2.75) is 6.92 Å². The van der Waals surface area contributed by atoms with Crippen LogP contribution in [0.1, 0.15) is 15.4 Å². The van der Waals surface area contributed by atoms with Gasteiger partial charge in [0.05, 0.1) is 24.4 Å². The first-order chi connectivity index (χ1) is 7.20. The maximum Gasteiger partial charge on any atom is 0.266 e. The molecule has 0 atom stereocenters. The number of hydrogen-bond donors (Lipinski definition) is 2. The van der Waals surface area contributed by atoms with Crippen LogP contribution in [0.2, 0.25) is 0 Å². The van der Waals surface area contributed by atoms with Crippen molar-refractivity contribution in [1.82, 2.24) is 9.88 Å². The first-order valence-electron chi connectivity index (χ1n) is 4.61. The molecule has 0 saturated carbocycles. The Morgan fingerprint density at radius 2 is 2.07 bits per heavy atom. The Bertz CT molecular complexity index is 321. The molecular formula is C9H14N2O3S. The van der Waals surface area contributed by atoms with Crippen LogP contribution in [0.3, 0.4) is 0 Å². The Morgan fingerprint density at radius 1 is 1.47 bits per heavy atom. The van der Waals surface area contributed by atoms with Crippen LogP contribution in [-0.4, -0.2) is 52.3 Å². The van der Waals surface area contributed by atoms with Gasteiger partial charge in [-0.15, -0.1) is 11.3 Å². The number of thiazole rings is 1. The summed E-state index contributed by atoms with van der Waals surface area (Å²) in [4.78, 5) is 17.9. The average Bonchev–Trinajstić information content (AvgIpc) is 2.63. The third kappa shape index (κ3) is 2.98. The largest absolute Gasteiger partial charge is 0.395 e. The minimum Gasteiger partial charge on any atom is -0.395 e. The second-order valence-electron chi connectivity index (χ2n) is 3.01. The van der Waals surface area contributed by atoms with Gasteiger partial charge in [-0.05, 0) is 6.92 Å². The normalized spacial score (nSPS) is 10.3. The minimum absolute atomic E-state index is 0.108. The average molecular weight is 230 g/mol. The van der Waals surface area contributed by atoms with Crippen molar-refractivity contribution in [3.63, 3.8) is 0 Å². The lowest BCUT2D eigenvalue weighted by Crippen LogP contribution is -2.35. The van der Waals surface area contributed by atoms with Crippen LogP contribution in [0.4, 0.5) is 0 Å². The van der Waals surface area contributed by atoms with Crippen LogP contribution >= 0.6 is 11.3 Å². The predicted molar refractivity (Wildman–Crippen MR) is 56.9 cm³/mol. The van der Waals surface area contributed by atoms with Gasteiger partial charge in [-0.3, -0.25) is 4.79 Å². The molecule has 6 heteroatoms. The zero-order chi connectivity index (χ0) is 11.3. The highest BCUT2D eigenvalue weighted by Gasteiger charge is 2.18. The molecule has 2 N–H and O–H groups in total. The summed E-state index contributed by atoms with van der Waals surface area (Å²) in [5.74, 6) is -0.182. The molecule has 0 aromatic carbocycles. The van der Waals surface area contributed by atoms with Gasteiger partial charge in [-0.2, -0.15) is 0 Å². The maximum absolute atomic E-state index is 11.9. The van der Waals surface area contributed by atoms with Gasteiger partial charge in [0.25, 0.3) is 5.91 Å². The van der Waals surface area contributed by atoms with Gasteiger partial charge < -0.3 is 15.1 Å². The third-order valence-electron chi connectivity index (χ3n) is 1.97. The topological polar surface area (TPSA) is 73.7 Å². The van der Waals surface area contributed by atoms with E-state index in [1.54, 1.807) is 12.4 Å². The molecule has 0 saturated heterocycles. The summed E-state index contributed by atoms with van der Waals surface area (Å²) in [6, 6.07) is 0. The number of nitrogens with zero attached hydrogens (tertiary/aromatic N) is 2. The standard InChI is InChI=1S/C9H14N2O3S/c1-7-8(15-6-10-7)9(14)11(2-4-12)3-5-13/h6,12-13H,2-5H2,1H3. The van der Waals surface area contributed by atoms with Crippen LogP contribution in [-0.2, 0) is 0 Å². The van der Waals surface area contributed by atoms with Crippen molar-refractivity contribution in [2.24, 2.45) is 0 Å². The van der Waals surface area contributed by atoms with E-state index in [0.717, 1.165) is 0 Å². The number of hydrogen-bond acceptors (Lipinski definition) is 5. The molecule has 1 aromatic heterocycles. The summed E-state index contributed by atoms with van der Waals surface area (Å²) in [7, 11) is 0. The number of amides is 1. The number of aliphatic hydroxyl groups excluding tert-OH is 2. The van der Waals surface area contributed by atoms with Crippen molar-refractivity contribution < 1.29 is 15.0 Å². The number of aliphatic hydroxyl groups is 2. The molecule has 1 aromatic rings. The summed E-state index contributed by atoms with van der Waals surface area (Å²) in [5, 5.41) is 17.6. The SMILES string of the molecule is Cc1ncsc1C(=O)N(CCO)CCO. The van der Waals surface area contributed by atoms with Crippen molar-refractivity contribution in [3.05, 3.63) is 16.1 Å². The second kappa shape index (κ2) is 5.79. The molecule has 1 heterocycles. The molecule has 5 nitrogen and oxygen atoms in total. The van der Waals surface area contributed by atoms with Crippen molar-refractivity contribution in [2.75, 3.05) is 26.3 Å². The van der Waals surface area contributed by atoms with Crippen LogP contribution in [0.15, 0.2) is 5.51 Å². The molecular weight excluding hydrogens is 216 g/mol. The molecule has 1 rings (SSSR count). The highest BCUT2D eigenvalue weighted by Crippen LogP contribution is 2.14. The van der Waals surface area contributed by atoms with E-state index >= 15 is 0 Å². The lowest BCUT2D eigenvalue weighted by molar-refractivity contribution is 0.0688. The van der Waals surface area contributed by atoms with Gasteiger partial charge in [-0.1, -0.05) is 0 Å². The summed E-state index contributed by atoms with van der Waals surface area (Å²) >= 11 is 1.27. The highest BCUT2D eigenvalue weighted by molar-refractivity contribution is 7.11. The molecule has 0 aliphatic carbocycles. The summed E-state index contributed by atoms with van der Waals surface area (Å²) in [6.45, 7) is 2.01. The molecule has 0 aliphatic rings. The van der Waals surface area contributed by atoms with Crippen molar-refractivity contribution in [1.29, 1.82) is 0 Å². The van der Waals surface area contributed by atoms with Crippen molar-refractivity contribution >= 4 is 17.2 Å². The number of carbonyl (C=O) groups is 1. The van der Waals surface area contributed by atoms with Gasteiger partial charge in [0.15, 0.2) is 0 Å². The van der Waals surface area contributed by atoms with Crippen LogP contribution in [0.25, 0.3) is 0 Å². The quantitative estimate of drug-likeness (QED) is 0.739. The monoisotopic (exact) mass is 230 g/mol. The van der Waals surface area contributed by atoms with E-state index in [1.165, 1.54) is 16.2 Å². The van der Waals surface area contributed by atoms with Gasteiger partial charge in [0.1, 0.15) is 4.88 Å². The van der Waals surface area contributed by atoms with Crippen LogP contribution in [0, 0.1) is 6.92 Å². The van der Waals surface area contributed by atoms with Gasteiger partial charge in [0.2, 0.25) is 0 Å². The summed E-state index contributed by atoms with van der Waals surface area (Å²) < 4.78 is 0. The summed E-state index contributed by atoms with van der Waals surface area (Å²) in [5.41, 5.74) is 2.30. The van der Waals surface area contributed by atoms with E-state index in [0.29, 0.717) is 10.6 Å². The van der Waals surface area contributed by atoms with Crippen molar-refractivity contribution in [3.8, 4) is 0 Å². The number of carbonyl (C=O) groups excluding carboxylic acids is 1. The Morgan fingerprint density at radius 3 is 2.47 bits per heavy atom. The third-order valence-corrected chi connectivity index (χ3v) is 2.88. The number of rotatable bonds is 5. The van der Waals surface area contributed by atoms with E-state index in [9.17, 15) is 4.79 Å². The van der Waals surface area contributed by atoms with E-state index in [-0.39, 0.29) is 32.2 Å². The molecule has 0 unspecified atom stereocenters. The fourth-order valence-electron chi connectivity index (χ4n) is 1.21. The zero-order valence-electron chi connectivity index (χ0n) is 8.51. The van der Waals surface area contributed by atoms with Gasteiger partial charge >= 0.3 is 0 Å². The Balaban J connectivity index is 2.76. The van der Waals surface area contributed by atoms with E-state index in [2.05, 4.69) is 4.98 Å². The zero-order valence-corrected chi connectivity index (χ0v) is 9.33. The molecule has 84 valence electrons. The summed E-state index contributed by atoms with van der Waals surface area (Å²) in [6.07, 6.45) is 0. The maximum atomic E-state index is 11.9. The molecule has 0 radical (unpaired) electrons. The first kappa shape index (κ1) is 12.1.